The molecule has 0 aliphatic rings. The second kappa shape index (κ2) is 14.0. The van der Waals surface area contributed by atoms with Crippen molar-refractivity contribution in [2.45, 2.75) is 39.6 Å². The molecule has 0 fully saturated rings. The Bertz CT molecular complexity index is 1590. The number of pyridine rings is 1. The van der Waals surface area contributed by atoms with Crippen LogP contribution in [0.25, 0.3) is 0 Å². The third kappa shape index (κ3) is 7.55. The summed E-state index contributed by atoms with van der Waals surface area (Å²) in [6, 6.07) is 36.9. The Hall–Kier alpha value is -5.10. The molecule has 0 atom stereocenters. The third-order valence-corrected chi connectivity index (χ3v) is 6.69. The maximum atomic E-state index is 13.8. The highest BCUT2D eigenvalue weighted by Gasteiger charge is 2.21. The molecule has 1 amide bonds. The van der Waals surface area contributed by atoms with Crippen molar-refractivity contribution in [2.75, 3.05) is 5.32 Å². The minimum atomic E-state index is -0.327. The van der Waals surface area contributed by atoms with E-state index >= 15 is 0 Å². The molecule has 6 nitrogen and oxygen atoms in total. The van der Waals surface area contributed by atoms with Gasteiger partial charge in [0.2, 0.25) is 5.88 Å². The number of benzene rings is 4. The number of nitrogens with one attached hydrogen (secondary N) is 1. The molecule has 4 aromatic carbocycles. The van der Waals surface area contributed by atoms with Crippen LogP contribution in [0, 0.1) is 0 Å². The molecule has 1 heterocycles. The average Bonchev–Trinajstić information content (AvgIpc) is 3.03. The van der Waals surface area contributed by atoms with Gasteiger partial charge in [-0.25, -0.2) is 4.98 Å². The van der Waals surface area contributed by atoms with Crippen LogP contribution in [0.2, 0.25) is 0 Å². The van der Waals surface area contributed by atoms with E-state index in [4.69, 9.17) is 14.2 Å². The molecule has 0 bridgehead atoms. The molecular weight excluding hydrogens is 524 g/mol. The summed E-state index contributed by atoms with van der Waals surface area (Å²) in [7, 11) is 0. The number of amides is 1. The van der Waals surface area contributed by atoms with Crippen molar-refractivity contribution >= 4 is 11.6 Å². The molecule has 0 radical (unpaired) electrons. The molecule has 5 rings (SSSR count). The standard InChI is InChI=1S/C36H34N2O4/c1-26(2)30-21-31(35(39)38-32-19-12-20-37-36(32)42-25-29-17-10-5-11-18-29)34(41-24-28-15-8-4-9-16-28)22-33(30)40-23-27-13-6-3-7-14-27/h3-22,26H,23-25H2,1-2H3,(H,38,39). The smallest absolute Gasteiger partial charge is 0.259 e. The van der Waals surface area contributed by atoms with E-state index in [-0.39, 0.29) is 11.8 Å². The zero-order valence-corrected chi connectivity index (χ0v) is 23.8. The lowest BCUT2D eigenvalue weighted by molar-refractivity contribution is 0.102. The number of carbonyl (C=O) groups excluding carboxylic acids is 1. The Labute approximate surface area is 246 Å². The zero-order valence-electron chi connectivity index (χ0n) is 23.8. The zero-order chi connectivity index (χ0) is 29.1. The SMILES string of the molecule is CC(C)c1cc(C(=O)Nc2cccnc2OCc2ccccc2)c(OCc2ccccc2)cc1OCc1ccccc1. The van der Waals surface area contributed by atoms with E-state index in [1.165, 1.54) is 0 Å². The van der Waals surface area contributed by atoms with Gasteiger partial charge >= 0.3 is 0 Å². The van der Waals surface area contributed by atoms with Gasteiger partial charge in [-0.3, -0.25) is 4.79 Å². The molecule has 0 spiro atoms. The Balaban J connectivity index is 1.43. The van der Waals surface area contributed by atoms with Gasteiger partial charge in [0, 0.05) is 12.3 Å². The van der Waals surface area contributed by atoms with E-state index in [0.717, 1.165) is 22.3 Å². The lowest BCUT2D eigenvalue weighted by atomic mass is 9.98. The van der Waals surface area contributed by atoms with E-state index < -0.39 is 0 Å². The van der Waals surface area contributed by atoms with Crippen LogP contribution < -0.4 is 19.5 Å². The highest BCUT2D eigenvalue weighted by atomic mass is 16.5. The number of nitrogens with zero attached hydrogens (tertiary/aromatic N) is 1. The van der Waals surface area contributed by atoms with Gasteiger partial charge < -0.3 is 19.5 Å². The summed E-state index contributed by atoms with van der Waals surface area (Å²) in [6.07, 6.45) is 1.64. The molecule has 0 aliphatic carbocycles. The van der Waals surface area contributed by atoms with Crippen LogP contribution in [0.4, 0.5) is 5.69 Å². The predicted octanol–water partition coefficient (Wildman–Crippen LogP) is 8.19. The van der Waals surface area contributed by atoms with Gasteiger partial charge in [0.05, 0.1) is 5.56 Å². The van der Waals surface area contributed by atoms with Crippen molar-refractivity contribution in [2.24, 2.45) is 0 Å². The van der Waals surface area contributed by atoms with Crippen LogP contribution in [-0.2, 0) is 19.8 Å². The quantitative estimate of drug-likeness (QED) is 0.167. The van der Waals surface area contributed by atoms with Gasteiger partial charge in [0.15, 0.2) is 0 Å². The van der Waals surface area contributed by atoms with Crippen molar-refractivity contribution in [3.8, 4) is 17.4 Å². The monoisotopic (exact) mass is 558 g/mol. The van der Waals surface area contributed by atoms with E-state index in [2.05, 4.69) is 24.1 Å². The Morgan fingerprint density at radius 1 is 0.667 bits per heavy atom. The molecule has 5 aromatic rings. The molecule has 42 heavy (non-hydrogen) atoms. The van der Waals surface area contributed by atoms with Gasteiger partial charge in [0.25, 0.3) is 5.91 Å². The first-order valence-electron chi connectivity index (χ1n) is 14.0. The lowest BCUT2D eigenvalue weighted by Crippen LogP contribution is -2.16. The van der Waals surface area contributed by atoms with Crippen LogP contribution in [0.3, 0.4) is 0 Å². The summed E-state index contributed by atoms with van der Waals surface area (Å²) < 4.78 is 18.5. The maximum absolute atomic E-state index is 13.8. The summed E-state index contributed by atoms with van der Waals surface area (Å²) in [6.45, 7) is 5.19. The Kier molecular flexibility index (Phi) is 9.47. The summed E-state index contributed by atoms with van der Waals surface area (Å²) in [5.41, 5.74) is 4.84. The first-order chi connectivity index (χ1) is 20.6. The number of ether oxygens (including phenoxy) is 3. The van der Waals surface area contributed by atoms with E-state index in [1.807, 2.05) is 103 Å². The summed E-state index contributed by atoms with van der Waals surface area (Å²) in [5.74, 6) is 1.23. The number of carbonyl (C=O) groups is 1. The minimum Gasteiger partial charge on any atom is -0.488 e. The van der Waals surface area contributed by atoms with E-state index in [9.17, 15) is 4.79 Å². The van der Waals surface area contributed by atoms with E-state index in [0.29, 0.717) is 48.5 Å². The molecule has 0 aliphatic heterocycles. The molecule has 1 N–H and O–H groups in total. The van der Waals surface area contributed by atoms with E-state index in [1.54, 1.807) is 18.3 Å². The molecule has 6 heteroatoms. The molecule has 0 saturated carbocycles. The average molecular weight is 559 g/mol. The molecular formula is C36H34N2O4. The molecule has 212 valence electrons. The van der Waals surface area contributed by atoms with Gasteiger partial charge in [-0.15, -0.1) is 0 Å². The van der Waals surface area contributed by atoms with Crippen LogP contribution >= 0.6 is 0 Å². The van der Waals surface area contributed by atoms with Crippen molar-refractivity contribution in [1.82, 2.24) is 4.98 Å². The highest BCUT2D eigenvalue weighted by molar-refractivity contribution is 6.07. The van der Waals surface area contributed by atoms with Crippen molar-refractivity contribution in [3.63, 3.8) is 0 Å². The number of rotatable bonds is 12. The summed E-state index contributed by atoms with van der Waals surface area (Å²) in [5, 5.41) is 3.00. The fourth-order valence-corrected chi connectivity index (χ4v) is 4.44. The number of anilines is 1. The topological polar surface area (TPSA) is 69.7 Å². The van der Waals surface area contributed by atoms with Crippen LogP contribution in [-0.4, -0.2) is 10.9 Å². The number of aromatic nitrogens is 1. The van der Waals surface area contributed by atoms with Crippen LogP contribution in [0.15, 0.2) is 121 Å². The first-order valence-corrected chi connectivity index (χ1v) is 14.0. The molecule has 1 aromatic heterocycles. The predicted molar refractivity (Wildman–Crippen MR) is 165 cm³/mol. The Morgan fingerprint density at radius 3 is 1.74 bits per heavy atom. The number of hydrogen-bond acceptors (Lipinski definition) is 5. The first kappa shape index (κ1) is 28.4. The highest BCUT2D eigenvalue weighted by Crippen LogP contribution is 2.36. The van der Waals surface area contributed by atoms with Gasteiger partial charge in [-0.1, -0.05) is 105 Å². The Morgan fingerprint density at radius 2 is 1.19 bits per heavy atom. The normalized spacial score (nSPS) is 10.7. The summed E-state index contributed by atoms with van der Waals surface area (Å²) >= 11 is 0. The maximum Gasteiger partial charge on any atom is 0.259 e. The largest absolute Gasteiger partial charge is 0.488 e. The molecule has 0 saturated heterocycles. The summed E-state index contributed by atoms with van der Waals surface area (Å²) in [4.78, 5) is 18.2. The van der Waals surface area contributed by atoms with Gasteiger partial charge in [-0.05, 0) is 46.4 Å². The fraction of sp³-hybridized carbons (Fsp3) is 0.167. The minimum absolute atomic E-state index is 0.105. The van der Waals surface area contributed by atoms with Crippen molar-refractivity contribution < 1.29 is 19.0 Å². The van der Waals surface area contributed by atoms with Crippen molar-refractivity contribution in [3.05, 3.63) is 149 Å². The second-order valence-electron chi connectivity index (χ2n) is 10.2. The van der Waals surface area contributed by atoms with Crippen LogP contribution in [0.5, 0.6) is 17.4 Å². The molecule has 0 unspecified atom stereocenters. The second-order valence-corrected chi connectivity index (χ2v) is 10.2. The lowest BCUT2D eigenvalue weighted by Gasteiger charge is -2.20. The van der Waals surface area contributed by atoms with Crippen LogP contribution in [0.1, 0.15) is 52.4 Å². The van der Waals surface area contributed by atoms with Crippen molar-refractivity contribution in [1.29, 1.82) is 0 Å². The third-order valence-electron chi connectivity index (χ3n) is 6.69. The van der Waals surface area contributed by atoms with Gasteiger partial charge in [0.1, 0.15) is 37.0 Å². The fourth-order valence-electron chi connectivity index (χ4n) is 4.44. The van der Waals surface area contributed by atoms with Gasteiger partial charge in [-0.2, -0.15) is 0 Å². The number of hydrogen-bond donors (Lipinski definition) is 1.